The number of hydrogen-bond donors (Lipinski definition) is 0. The minimum atomic E-state index is 0.199. The summed E-state index contributed by atoms with van der Waals surface area (Å²) in [6, 6.07) is 28.1. The maximum Gasteiger partial charge on any atom is 0.0481 e. The number of rotatable bonds is 4. The van der Waals surface area contributed by atoms with Crippen molar-refractivity contribution >= 4 is 17.5 Å². The fraction of sp³-hybridized carbons (Fsp3) is 0.154. The zero-order valence-electron chi connectivity index (χ0n) is 16.7. The molecule has 0 saturated carbocycles. The van der Waals surface area contributed by atoms with Crippen LogP contribution in [0.4, 0.5) is 11.4 Å². The second kappa shape index (κ2) is 7.77. The van der Waals surface area contributed by atoms with Crippen molar-refractivity contribution in [3.05, 3.63) is 113 Å². The van der Waals surface area contributed by atoms with Crippen LogP contribution in [0.2, 0.25) is 0 Å². The molecule has 0 saturated heterocycles. The number of hydrogen-bond acceptors (Lipinski definition) is 2. The van der Waals surface area contributed by atoms with E-state index in [1.165, 1.54) is 33.8 Å². The summed E-state index contributed by atoms with van der Waals surface area (Å²) in [5.74, 6) is 0.199. The zero-order valence-corrected chi connectivity index (χ0v) is 16.7. The van der Waals surface area contributed by atoms with Crippen LogP contribution in [0.25, 0.3) is 6.08 Å². The van der Waals surface area contributed by atoms with E-state index in [9.17, 15) is 0 Å². The molecule has 2 nitrogen and oxygen atoms in total. The van der Waals surface area contributed by atoms with Crippen molar-refractivity contribution in [2.45, 2.75) is 5.92 Å². The first-order valence-electron chi connectivity index (χ1n) is 9.68. The molecule has 0 radical (unpaired) electrons. The predicted octanol–water partition coefficient (Wildman–Crippen LogP) is 5.93. The summed E-state index contributed by atoms with van der Waals surface area (Å²) in [6.45, 7) is 0. The van der Waals surface area contributed by atoms with E-state index in [-0.39, 0.29) is 5.92 Å². The summed E-state index contributed by atoms with van der Waals surface area (Å²) >= 11 is 0. The average Bonchev–Trinajstić information content (AvgIpc) is 2.74. The average molecular weight is 367 g/mol. The van der Waals surface area contributed by atoms with Gasteiger partial charge in [0.2, 0.25) is 0 Å². The van der Waals surface area contributed by atoms with Gasteiger partial charge in [0.05, 0.1) is 0 Å². The molecule has 1 atom stereocenters. The third-order valence-corrected chi connectivity index (χ3v) is 5.38. The maximum absolute atomic E-state index is 2.37. The molecule has 3 aromatic carbocycles. The first-order valence-corrected chi connectivity index (χ1v) is 9.68. The molecule has 3 aromatic rings. The summed E-state index contributed by atoms with van der Waals surface area (Å²) in [5, 5.41) is 0. The first kappa shape index (κ1) is 18.1. The van der Waals surface area contributed by atoms with Crippen LogP contribution < -0.4 is 9.80 Å². The third kappa shape index (κ3) is 3.59. The Kier molecular flexibility index (Phi) is 5.03. The van der Waals surface area contributed by atoms with E-state index < -0.39 is 0 Å². The minimum absolute atomic E-state index is 0.199. The molecule has 1 aliphatic rings. The van der Waals surface area contributed by atoms with Crippen molar-refractivity contribution < 1.29 is 0 Å². The Morgan fingerprint density at radius 2 is 1.39 bits per heavy atom. The number of likely N-dealkylation sites (N-methyl/N-ethyl adjacent to an activating group) is 1. The fourth-order valence-corrected chi connectivity index (χ4v) is 3.72. The van der Waals surface area contributed by atoms with Crippen LogP contribution in [-0.4, -0.2) is 21.1 Å². The number of allylic oxidation sites excluding steroid dienone is 2. The van der Waals surface area contributed by atoms with Crippen LogP contribution in [0.5, 0.6) is 0 Å². The van der Waals surface area contributed by atoms with Gasteiger partial charge in [-0.25, -0.2) is 0 Å². The Morgan fingerprint density at radius 3 is 2.11 bits per heavy atom. The van der Waals surface area contributed by atoms with Crippen LogP contribution in [0, 0.1) is 0 Å². The van der Waals surface area contributed by atoms with E-state index in [0.717, 1.165) is 0 Å². The second-order valence-corrected chi connectivity index (χ2v) is 7.42. The SMILES string of the molecule is CN(C)c1ccc([C@H](C=C2C=Cc3ccccc3N2C)c2ccccc2)cc1. The van der Waals surface area contributed by atoms with Gasteiger partial charge in [0.15, 0.2) is 0 Å². The molecule has 1 heterocycles. The summed E-state index contributed by atoms with van der Waals surface area (Å²) in [6.07, 6.45) is 6.79. The highest BCUT2D eigenvalue weighted by atomic mass is 15.1. The molecule has 140 valence electrons. The normalized spacial score (nSPS) is 15.4. The van der Waals surface area contributed by atoms with E-state index in [1.807, 2.05) is 0 Å². The van der Waals surface area contributed by atoms with Gasteiger partial charge in [-0.1, -0.05) is 66.7 Å². The van der Waals surface area contributed by atoms with Gasteiger partial charge in [0.25, 0.3) is 0 Å². The molecule has 4 rings (SSSR count). The van der Waals surface area contributed by atoms with Gasteiger partial charge in [-0.2, -0.15) is 0 Å². The van der Waals surface area contributed by atoms with E-state index in [4.69, 9.17) is 0 Å². The quantitative estimate of drug-likeness (QED) is 0.564. The Labute approximate surface area is 168 Å². The lowest BCUT2D eigenvalue weighted by Gasteiger charge is -2.28. The van der Waals surface area contributed by atoms with E-state index in [2.05, 4.69) is 128 Å². The maximum atomic E-state index is 2.37. The topological polar surface area (TPSA) is 6.48 Å². The van der Waals surface area contributed by atoms with Gasteiger partial charge >= 0.3 is 0 Å². The Balaban J connectivity index is 1.76. The summed E-state index contributed by atoms with van der Waals surface area (Å²) < 4.78 is 0. The smallest absolute Gasteiger partial charge is 0.0481 e. The van der Waals surface area contributed by atoms with Crippen molar-refractivity contribution in [3.63, 3.8) is 0 Å². The number of anilines is 2. The van der Waals surface area contributed by atoms with E-state index in [1.54, 1.807) is 0 Å². The molecule has 0 bridgehead atoms. The number of benzene rings is 3. The van der Waals surface area contributed by atoms with Crippen LogP contribution >= 0.6 is 0 Å². The zero-order chi connectivity index (χ0) is 19.5. The van der Waals surface area contributed by atoms with Crippen LogP contribution in [-0.2, 0) is 0 Å². The van der Waals surface area contributed by atoms with E-state index in [0.29, 0.717) is 0 Å². The van der Waals surface area contributed by atoms with Crippen molar-refractivity contribution in [3.8, 4) is 0 Å². The molecule has 1 aliphatic heterocycles. The monoisotopic (exact) mass is 366 g/mol. The summed E-state index contributed by atoms with van der Waals surface area (Å²) in [5.41, 5.74) is 7.52. The van der Waals surface area contributed by atoms with Gasteiger partial charge in [0, 0.05) is 44.1 Å². The first-order chi connectivity index (χ1) is 13.6. The molecular weight excluding hydrogens is 340 g/mol. The van der Waals surface area contributed by atoms with Gasteiger partial charge in [-0.15, -0.1) is 0 Å². The number of fused-ring (bicyclic) bond motifs is 1. The second-order valence-electron chi connectivity index (χ2n) is 7.42. The lowest BCUT2D eigenvalue weighted by Crippen LogP contribution is -2.19. The molecule has 0 aromatic heterocycles. The fourth-order valence-electron chi connectivity index (χ4n) is 3.72. The number of nitrogens with zero attached hydrogens (tertiary/aromatic N) is 2. The van der Waals surface area contributed by atoms with Crippen molar-refractivity contribution in [2.75, 3.05) is 30.9 Å². The van der Waals surface area contributed by atoms with Crippen LogP contribution in [0.15, 0.2) is 96.7 Å². The van der Waals surface area contributed by atoms with E-state index >= 15 is 0 Å². The molecule has 0 N–H and O–H groups in total. The molecule has 0 fully saturated rings. The highest BCUT2D eigenvalue weighted by molar-refractivity contribution is 5.76. The molecule has 0 unspecified atom stereocenters. The van der Waals surface area contributed by atoms with Gasteiger partial charge in [-0.05, 0) is 47.0 Å². The van der Waals surface area contributed by atoms with Gasteiger partial charge in [0.1, 0.15) is 0 Å². The lowest BCUT2D eigenvalue weighted by molar-refractivity contribution is 0.988. The summed E-state index contributed by atoms with van der Waals surface area (Å²) in [7, 11) is 6.29. The highest BCUT2D eigenvalue weighted by Crippen LogP contribution is 2.34. The van der Waals surface area contributed by atoms with Crippen LogP contribution in [0.3, 0.4) is 0 Å². The van der Waals surface area contributed by atoms with Gasteiger partial charge in [-0.3, -0.25) is 0 Å². The minimum Gasteiger partial charge on any atom is -0.378 e. The van der Waals surface area contributed by atoms with Crippen molar-refractivity contribution in [2.24, 2.45) is 0 Å². The molecule has 2 heteroatoms. The molecule has 0 spiro atoms. The van der Waals surface area contributed by atoms with Crippen molar-refractivity contribution in [1.82, 2.24) is 0 Å². The highest BCUT2D eigenvalue weighted by Gasteiger charge is 2.17. The van der Waals surface area contributed by atoms with Crippen molar-refractivity contribution in [1.29, 1.82) is 0 Å². The van der Waals surface area contributed by atoms with Crippen LogP contribution in [0.1, 0.15) is 22.6 Å². The Bertz CT molecular complexity index is 998. The third-order valence-electron chi connectivity index (χ3n) is 5.38. The standard InChI is InChI=1S/C26H26N2/c1-27(2)23-16-13-21(14-17-23)25(20-9-5-4-6-10-20)19-24-18-15-22-11-7-8-12-26(22)28(24)3/h4-19,25H,1-3H3/t25-/m1/s1. The Morgan fingerprint density at radius 1 is 0.750 bits per heavy atom. The summed E-state index contributed by atoms with van der Waals surface area (Å²) in [4.78, 5) is 4.41. The molecule has 0 amide bonds. The molecule has 0 aliphatic carbocycles. The Hall–Kier alpha value is -3.26. The van der Waals surface area contributed by atoms with Gasteiger partial charge < -0.3 is 9.80 Å². The molecule has 28 heavy (non-hydrogen) atoms. The lowest BCUT2D eigenvalue weighted by atomic mass is 9.89. The number of para-hydroxylation sites is 1. The predicted molar refractivity (Wildman–Crippen MR) is 121 cm³/mol. The largest absolute Gasteiger partial charge is 0.378 e. The molecular formula is C26H26N2.